The van der Waals surface area contributed by atoms with Crippen LogP contribution in [0.2, 0.25) is 0 Å². The first kappa shape index (κ1) is 13.5. The SMILES string of the molecule is CCc1cc(CNC(=O)N[C@@H](C)c2nccs2)on1. The van der Waals surface area contributed by atoms with E-state index < -0.39 is 0 Å². The molecule has 102 valence electrons. The molecule has 0 unspecified atom stereocenters. The van der Waals surface area contributed by atoms with E-state index in [0.29, 0.717) is 12.3 Å². The highest BCUT2D eigenvalue weighted by atomic mass is 32.1. The maximum Gasteiger partial charge on any atom is 0.315 e. The molecule has 2 amide bonds. The third kappa shape index (κ3) is 3.78. The maximum absolute atomic E-state index is 11.7. The number of amides is 2. The molecule has 1 atom stereocenters. The third-order valence-corrected chi connectivity index (χ3v) is 3.52. The monoisotopic (exact) mass is 280 g/mol. The average Bonchev–Trinajstić information content (AvgIpc) is 3.07. The highest BCUT2D eigenvalue weighted by molar-refractivity contribution is 7.09. The molecule has 0 saturated heterocycles. The largest absolute Gasteiger partial charge is 0.359 e. The number of carbonyl (C=O) groups is 1. The van der Waals surface area contributed by atoms with E-state index in [9.17, 15) is 4.79 Å². The van der Waals surface area contributed by atoms with Crippen molar-refractivity contribution in [2.24, 2.45) is 0 Å². The number of urea groups is 1. The summed E-state index contributed by atoms with van der Waals surface area (Å²) in [6, 6.07) is 1.47. The van der Waals surface area contributed by atoms with E-state index in [1.54, 1.807) is 6.20 Å². The molecule has 0 radical (unpaired) electrons. The molecule has 7 heteroatoms. The Morgan fingerprint density at radius 1 is 1.58 bits per heavy atom. The van der Waals surface area contributed by atoms with Crippen LogP contribution < -0.4 is 10.6 Å². The molecular formula is C12H16N4O2S. The zero-order chi connectivity index (χ0) is 13.7. The first-order valence-electron chi connectivity index (χ1n) is 6.07. The van der Waals surface area contributed by atoms with E-state index in [0.717, 1.165) is 17.1 Å². The maximum atomic E-state index is 11.7. The summed E-state index contributed by atoms with van der Waals surface area (Å²) < 4.78 is 5.08. The summed E-state index contributed by atoms with van der Waals surface area (Å²) >= 11 is 1.51. The Bertz CT molecular complexity index is 524. The fourth-order valence-electron chi connectivity index (χ4n) is 1.53. The lowest BCUT2D eigenvalue weighted by atomic mass is 10.3. The lowest BCUT2D eigenvalue weighted by molar-refractivity contribution is 0.236. The van der Waals surface area contributed by atoms with Crippen LogP contribution in [0.15, 0.2) is 22.2 Å². The number of carbonyl (C=O) groups excluding carboxylic acids is 1. The molecule has 19 heavy (non-hydrogen) atoms. The van der Waals surface area contributed by atoms with Crippen LogP contribution >= 0.6 is 11.3 Å². The Labute approximate surface area is 115 Å². The molecule has 2 heterocycles. The molecule has 2 rings (SSSR count). The van der Waals surface area contributed by atoms with E-state index in [4.69, 9.17) is 4.52 Å². The number of thiazole rings is 1. The van der Waals surface area contributed by atoms with Crippen LogP contribution in [0.25, 0.3) is 0 Å². The Morgan fingerprint density at radius 2 is 2.42 bits per heavy atom. The molecule has 0 fully saturated rings. The van der Waals surface area contributed by atoms with Gasteiger partial charge in [-0.2, -0.15) is 0 Å². The second-order valence-electron chi connectivity index (χ2n) is 4.06. The van der Waals surface area contributed by atoms with Crippen LogP contribution in [0.5, 0.6) is 0 Å². The van der Waals surface area contributed by atoms with E-state index in [2.05, 4.69) is 20.8 Å². The van der Waals surface area contributed by atoms with Crippen LogP contribution in [0.1, 0.15) is 36.4 Å². The van der Waals surface area contributed by atoms with Crippen molar-refractivity contribution in [3.8, 4) is 0 Å². The minimum Gasteiger partial charge on any atom is -0.359 e. The van der Waals surface area contributed by atoms with Gasteiger partial charge in [0.05, 0.1) is 18.3 Å². The van der Waals surface area contributed by atoms with E-state index in [1.807, 2.05) is 25.3 Å². The van der Waals surface area contributed by atoms with Gasteiger partial charge in [0.2, 0.25) is 0 Å². The van der Waals surface area contributed by atoms with Crippen LogP contribution in [0.3, 0.4) is 0 Å². The van der Waals surface area contributed by atoms with Gasteiger partial charge in [0, 0.05) is 17.6 Å². The molecule has 6 nitrogen and oxygen atoms in total. The minimum absolute atomic E-state index is 0.110. The number of aryl methyl sites for hydroxylation is 1. The van der Waals surface area contributed by atoms with Gasteiger partial charge in [0.25, 0.3) is 0 Å². The van der Waals surface area contributed by atoms with Crippen LogP contribution in [0, 0.1) is 0 Å². The van der Waals surface area contributed by atoms with Gasteiger partial charge in [-0.3, -0.25) is 0 Å². The zero-order valence-corrected chi connectivity index (χ0v) is 11.7. The predicted octanol–water partition coefficient (Wildman–Crippen LogP) is 2.25. The van der Waals surface area contributed by atoms with Crippen molar-refractivity contribution in [2.45, 2.75) is 32.9 Å². The fourth-order valence-corrected chi connectivity index (χ4v) is 2.18. The van der Waals surface area contributed by atoms with Crippen molar-refractivity contribution >= 4 is 17.4 Å². The average molecular weight is 280 g/mol. The summed E-state index contributed by atoms with van der Waals surface area (Å²) in [6.07, 6.45) is 2.54. The predicted molar refractivity (Wildman–Crippen MR) is 71.8 cm³/mol. The van der Waals surface area contributed by atoms with Gasteiger partial charge >= 0.3 is 6.03 Å². The van der Waals surface area contributed by atoms with Crippen molar-refractivity contribution < 1.29 is 9.32 Å². The lowest BCUT2D eigenvalue weighted by Gasteiger charge is -2.11. The molecule has 0 aliphatic heterocycles. The van der Waals surface area contributed by atoms with E-state index in [1.165, 1.54) is 11.3 Å². The van der Waals surface area contributed by atoms with Gasteiger partial charge in [-0.05, 0) is 13.3 Å². The number of nitrogens with one attached hydrogen (secondary N) is 2. The van der Waals surface area contributed by atoms with Gasteiger partial charge in [-0.1, -0.05) is 12.1 Å². The molecule has 2 aromatic rings. The normalized spacial score (nSPS) is 12.1. The van der Waals surface area contributed by atoms with E-state index >= 15 is 0 Å². The molecule has 0 aliphatic rings. The minimum atomic E-state index is -0.253. The molecule has 0 saturated carbocycles. The second kappa shape index (κ2) is 6.33. The van der Waals surface area contributed by atoms with Crippen molar-refractivity contribution in [3.05, 3.63) is 34.1 Å². The van der Waals surface area contributed by atoms with Crippen molar-refractivity contribution in [1.82, 2.24) is 20.8 Å². The highest BCUT2D eigenvalue weighted by Gasteiger charge is 2.11. The summed E-state index contributed by atoms with van der Waals surface area (Å²) in [5, 5.41) is 12.1. The van der Waals surface area contributed by atoms with Gasteiger partial charge < -0.3 is 15.2 Å². The fraction of sp³-hybridized carbons (Fsp3) is 0.417. The highest BCUT2D eigenvalue weighted by Crippen LogP contribution is 2.14. The van der Waals surface area contributed by atoms with Crippen LogP contribution in [0.4, 0.5) is 4.79 Å². The number of aromatic nitrogens is 2. The summed E-state index contributed by atoms with van der Waals surface area (Å²) in [7, 11) is 0. The number of rotatable bonds is 5. The molecule has 2 aromatic heterocycles. The van der Waals surface area contributed by atoms with Crippen LogP contribution in [-0.4, -0.2) is 16.2 Å². The van der Waals surface area contributed by atoms with Crippen molar-refractivity contribution in [3.63, 3.8) is 0 Å². The standard InChI is InChI=1S/C12H16N4O2S/c1-3-9-6-10(18-16-9)7-14-12(17)15-8(2)11-13-4-5-19-11/h4-6,8H,3,7H2,1-2H3,(H2,14,15,17)/t8-/m0/s1. The van der Waals surface area contributed by atoms with Gasteiger partial charge in [0.15, 0.2) is 5.76 Å². The smallest absolute Gasteiger partial charge is 0.315 e. The second-order valence-corrected chi connectivity index (χ2v) is 4.98. The van der Waals surface area contributed by atoms with E-state index in [-0.39, 0.29) is 12.1 Å². The Hall–Kier alpha value is -1.89. The topological polar surface area (TPSA) is 80.0 Å². The molecule has 0 aliphatic carbocycles. The first-order valence-corrected chi connectivity index (χ1v) is 6.95. The summed E-state index contributed by atoms with van der Waals surface area (Å²) in [5.41, 5.74) is 0.883. The molecule has 0 aromatic carbocycles. The Morgan fingerprint density at radius 3 is 3.05 bits per heavy atom. The molecule has 0 bridgehead atoms. The number of hydrogen-bond donors (Lipinski definition) is 2. The molecular weight excluding hydrogens is 264 g/mol. The Kier molecular flexibility index (Phi) is 4.51. The third-order valence-electron chi connectivity index (χ3n) is 2.56. The molecule has 0 spiro atoms. The zero-order valence-electron chi connectivity index (χ0n) is 10.8. The number of hydrogen-bond acceptors (Lipinski definition) is 5. The summed E-state index contributed by atoms with van der Waals surface area (Å²) in [4.78, 5) is 15.8. The quantitative estimate of drug-likeness (QED) is 0.880. The molecule has 2 N–H and O–H groups in total. The van der Waals surface area contributed by atoms with Crippen molar-refractivity contribution in [2.75, 3.05) is 0 Å². The van der Waals surface area contributed by atoms with Crippen LogP contribution in [-0.2, 0) is 13.0 Å². The van der Waals surface area contributed by atoms with Crippen molar-refractivity contribution in [1.29, 1.82) is 0 Å². The first-order chi connectivity index (χ1) is 9.19. The summed E-state index contributed by atoms with van der Waals surface area (Å²) in [5.74, 6) is 0.647. The lowest BCUT2D eigenvalue weighted by Crippen LogP contribution is -2.36. The van der Waals surface area contributed by atoms with Gasteiger partial charge in [-0.15, -0.1) is 11.3 Å². The van der Waals surface area contributed by atoms with Gasteiger partial charge in [0.1, 0.15) is 5.01 Å². The number of nitrogens with zero attached hydrogens (tertiary/aromatic N) is 2. The Balaban J connectivity index is 1.78. The van der Waals surface area contributed by atoms with Gasteiger partial charge in [-0.25, -0.2) is 9.78 Å². The summed E-state index contributed by atoms with van der Waals surface area (Å²) in [6.45, 7) is 4.21.